The Bertz CT molecular complexity index is 944. The first kappa shape index (κ1) is 23.3. The lowest BCUT2D eigenvalue weighted by Crippen LogP contribution is -2.46. The molecule has 2 aromatic rings. The monoisotopic (exact) mass is 438 g/mol. The summed E-state index contributed by atoms with van der Waals surface area (Å²) in [6, 6.07) is 16.0. The van der Waals surface area contributed by atoms with Crippen molar-refractivity contribution >= 4 is 18.0 Å². The Morgan fingerprint density at radius 2 is 1.59 bits per heavy atom. The second-order valence-corrected chi connectivity index (χ2v) is 8.22. The lowest BCUT2D eigenvalue weighted by atomic mass is 9.98. The molecular weight excluding hydrogens is 408 g/mol. The predicted molar refractivity (Wildman–Crippen MR) is 121 cm³/mol. The number of nitrogens with one attached hydrogen (secondary N) is 1. The second-order valence-electron chi connectivity index (χ2n) is 8.22. The van der Waals surface area contributed by atoms with E-state index in [9.17, 15) is 14.4 Å². The highest BCUT2D eigenvalue weighted by Crippen LogP contribution is 2.44. The van der Waals surface area contributed by atoms with Crippen LogP contribution in [0.4, 0.5) is 4.79 Å². The fourth-order valence-electron chi connectivity index (χ4n) is 4.07. The van der Waals surface area contributed by atoms with Gasteiger partial charge in [-0.05, 0) is 35.6 Å². The van der Waals surface area contributed by atoms with Crippen molar-refractivity contribution in [2.24, 2.45) is 5.92 Å². The molecule has 0 saturated carbocycles. The highest BCUT2D eigenvalue weighted by molar-refractivity contribution is 5.84. The lowest BCUT2D eigenvalue weighted by Gasteiger charge is -2.29. The highest BCUT2D eigenvalue weighted by Gasteiger charge is 2.30. The lowest BCUT2D eigenvalue weighted by molar-refractivity contribution is -0.147. The van der Waals surface area contributed by atoms with Crippen molar-refractivity contribution in [1.82, 2.24) is 10.2 Å². The molecule has 7 nitrogen and oxygen atoms in total. The minimum absolute atomic E-state index is 0.0383. The van der Waals surface area contributed by atoms with E-state index in [-0.39, 0.29) is 37.6 Å². The molecule has 0 bridgehead atoms. The Balaban J connectivity index is 1.56. The minimum atomic E-state index is -1.06. The van der Waals surface area contributed by atoms with Gasteiger partial charge in [0.25, 0.3) is 0 Å². The normalized spacial score (nSPS) is 14.1. The van der Waals surface area contributed by atoms with Gasteiger partial charge >= 0.3 is 12.1 Å². The summed E-state index contributed by atoms with van der Waals surface area (Å²) in [5, 5.41) is 11.8. The second kappa shape index (κ2) is 10.3. The molecule has 7 heteroatoms. The number of rotatable bonds is 9. The topological polar surface area (TPSA) is 95.9 Å². The van der Waals surface area contributed by atoms with E-state index in [0.717, 1.165) is 22.3 Å². The molecule has 0 aromatic heterocycles. The van der Waals surface area contributed by atoms with Gasteiger partial charge in [0, 0.05) is 18.5 Å². The minimum Gasteiger partial charge on any atom is -0.480 e. The fourth-order valence-corrected chi connectivity index (χ4v) is 4.07. The smallest absolute Gasteiger partial charge is 0.407 e. The van der Waals surface area contributed by atoms with Gasteiger partial charge in [0.2, 0.25) is 5.91 Å². The van der Waals surface area contributed by atoms with E-state index in [2.05, 4.69) is 17.4 Å². The molecule has 3 rings (SSSR count). The van der Waals surface area contributed by atoms with Gasteiger partial charge in [-0.25, -0.2) is 4.79 Å². The number of alkyl carbamates (subject to hydrolysis) is 1. The summed E-state index contributed by atoms with van der Waals surface area (Å²) in [5.41, 5.74) is 4.56. The Kier molecular flexibility index (Phi) is 7.51. The van der Waals surface area contributed by atoms with Crippen LogP contribution in [0.2, 0.25) is 0 Å². The summed E-state index contributed by atoms with van der Waals surface area (Å²) in [5.74, 6) is -1.97. The molecule has 1 aliphatic rings. The van der Waals surface area contributed by atoms with Gasteiger partial charge in [0.05, 0.1) is 5.92 Å². The van der Waals surface area contributed by atoms with E-state index in [4.69, 9.17) is 9.84 Å². The number of carboxylic acids is 1. The molecule has 2 atom stereocenters. The van der Waals surface area contributed by atoms with Crippen LogP contribution in [0.5, 0.6) is 0 Å². The maximum absolute atomic E-state index is 12.7. The van der Waals surface area contributed by atoms with E-state index in [1.807, 2.05) is 50.2 Å². The van der Waals surface area contributed by atoms with E-state index in [0.29, 0.717) is 6.42 Å². The van der Waals surface area contributed by atoms with Crippen LogP contribution in [0.3, 0.4) is 0 Å². The van der Waals surface area contributed by atoms with E-state index in [1.165, 1.54) is 4.90 Å². The molecule has 0 saturated heterocycles. The molecule has 170 valence electrons. The third-order valence-electron chi connectivity index (χ3n) is 6.03. The maximum atomic E-state index is 12.7. The SMILES string of the molecule is CCC(C)N(CC(=O)O)C(=O)C(C)CNC(=O)OCC1c2ccccc2-c2ccccc21. The Hall–Kier alpha value is -3.35. The highest BCUT2D eigenvalue weighted by atomic mass is 16.5. The van der Waals surface area contributed by atoms with E-state index < -0.39 is 18.0 Å². The molecule has 2 N–H and O–H groups in total. The molecule has 0 fully saturated rings. The number of ether oxygens (including phenoxy) is 1. The van der Waals surface area contributed by atoms with Crippen LogP contribution in [0.15, 0.2) is 48.5 Å². The Morgan fingerprint density at radius 1 is 1.03 bits per heavy atom. The number of hydrogen-bond acceptors (Lipinski definition) is 4. The zero-order valence-corrected chi connectivity index (χ0v) is 18.7. The first-order valence-electron chi connectivity index (χ1n) is 10.9. The van der Waals surface area contributed by atoms with Crippen molar-refractivity contribution < 1.29 is 24.2 Å². The van der Waals surface area contributed by atoms with Crippen molar-refractivity contribution in [3.05, 3.63) is 59.7 Å². The van der Waals surface area contributed by atoms with Crippen molar-refractivity contribution in [1.29, 1.82) is 0 Å². The number of carbonyl (C=O) groups excluding carboxylic acids is 2. The van der Waals surface area contributed by atoms with Crippen LogP contribution in [0.1, 0.15) is 44.2 Å². The molecular formula is C25H30N2O5. The quantitative estimate of drug-likeness (QED) is 0.620. The molecule has 1 aliphatic carbocycles. The number of amides is 2. The standard InChI is InChI=1S/C25H30N2O5/c1-4-17(3)27(14-23(28)29)24(30)16(2)13-26-25(31)32-15-22-20-11-7-5-9-18(20)19-10-6-8-12-21(19)22/h5-12,16-17,22H,4,13-15H2,1-3H3,(H,26,31)(H,28,29). The third kappa shape index (κ3) is 5.10. The molecule has 2 aromatic carbocycles. The molecule has 2 amide bonds. The summed E-state index contributed by atoms with van der Waals surface area (Å²) in [6.07, 6.45) is 0.0470. The largest absolute Gasteiger partial charge is 0.480 e. The zero-order valence-electron chi connectivity index (χ0n) is 18.7. The van der Waals surface area contributed by atoms with Gasteiger partial charge in [-0.1, -0.05) is 62.4 Å². The van der Waals surface area contributed by atoms with Gasteiger partial charge < -0.3 is 20.1 Å². The van der Waals surface area contributed by atoms with Gasteiger partial charge in [0.15, 0.2) is 0 Å². The van der Waals surface area contributed by atoms with Crippen LogP contribution >= 0.6 is 0 Å². The predicted octanol–water partition coefficient (Wildman–Crippen LogP) is 3.87. The third-order valence-corrected chi connectivity index (χ3v) is 6.03. The van der Waals surface area contributed by atoms with E-state index >= 15 is 0 Å². The average Bonchev–Trinajstić information content (AvgIpc) is 3.12. The summed E-state index contributed by atoms with van der Waals surface area (Å²) in [7, 11) is 0. The number of carbonyl (C=O) groups is 3. The van der Waals surface area contributed by atoms with Gasteiger partial charge in [-0.3, -0.25) is 9.59 Å². The molecule has 32 heavy (non-hydrogen) atoms. The fraction of sp³-hybridized carbons (Fsp3) is 0.400. The number of carboxylic acid groups (broad SMARTS) is 1. The van der Waals surface area contributed by atoms with Crippen LogP contribution in [0, 0.1) is 5.92 Å². The first-order valence-corrected chi connectivity index (χ1v) is 10.9. The van der Waals surface area contributed by atoms with Crippen molar-refractivity contribution in [3.8, 4) is 11.1 Å². The number of benzene rings is 2. The van der Waals surface area contributed by atoms with Gasteiger partial charge in [-0.2, -0.15) is 0 Å². The average molecular weight is 439 g/mol. The summed E-state index contributed by atoms with van der Waals surface area (Å²) >= 11 is 0. The number of hydrogen-bond donors (Lipinski definition) is 2. The Morgan fingerprint density at radius 3 is 2.12 bits per heavy atom. The molecule has 0 radical (unpaired) electrons. The summed E-state index contributed by atoms with van der Waals surface area (Å²) < 4.78 is 5.49. The van der Waals surface area contributed by atoms with Crippen LogP contribution in [0.25, 0.3) is 11.1 Å². The van der Waals surface area contributed by atoms with E-state index in [1.54, 1.807) is 6.92 Å². The number of nitrogens with zero attached hydrogens (tertiary/aromatic N) is 1. The number of fused-ring (bicyclic) bond motifs is 3. The maximum Gasteiger partial charge on any atom is 0.407 e. The van der Waals surface area contributed by atoms with Crippen LogP contribution in [-0.2, 0) is 14.3 Å². The van der Waals surface area contributed by atoms with Gasteiger partial charge in [0.1, 0.15) is 13.2 Å². The summed E-state index contributed by atoms with van der Waals surface area (Å²) in [4.78, 5) is 37.5. The number of aliphatic carboxylic acids is 1. The molecule has 0 heterocycles. The van der Waals surface area contributed by atoms with Gasteiger partial charge in [-0.15, -0.1) is 0 Å². The molecule has 2 unspecified atom stereocenters. The van der Waals surface area contributed by atoms with Crippen molar-refractivity contribution in [2.75, 3.05) is 19.7 Å². The summed E-state index contributed by atoms with van der Waals surface area (Å²) in [6.45, 7) is 5.29. The Labute approximate surface area is 188 Å². The van der Waals surface area contributed by atoms with Crippen molar-refractivity contribution in [2.45, 2.75) is 39.2 Å². The first-order chi connectivity index (χ1) is 15.3. The molecule has 0 aliphatic heterocycles. The van der Waals surface area contributed by atoms with Crippen molar-refractivity contribution in [3.63, 3.8) is 0 Å². The van der Waals surface area contributed by atoms with Crippen LogP contribution < -0.4 is 5.32 Å². The molecule has 0 spiro atoms. The van der Waals surface area contributed by atoms with Crippen LogP contribution in [-0.4, -0.2) is 53.7 Å². The zero-order chi connectivity index (χ0) is 23.3.